The highest BCUT2D eigenvalue weighted by Gasteiger charge is 1.97. The highest BCUT2D eigenvalue weighted by atomic mass is 35.5. The SMILES string of the molecule is Cc1cnc(C)c(CN)n1.Cl. The van der Waals surface area contributed by atoms with Crippen molar-refractivity contribution in [3.05, 3.63) is 23.3 Å². The van der Waals surface area contributed by atoms with E-state index in [1.54, 1.807) is 6.20 Å². The number of halogens is 1. The van der Waals surface area contributed by atoms with Gasteiger partial charge in [-0.2, -0.15) is 0 Å². The first kappa shape index (κ1) is 10.3. The molecule has 0 aliphatic rings. The van der Waals surface area contributed by atoms with Crippen LogP contribution in [0.5, 0.6) is 0 Å². The molecule has 11 heavy (non-hydrogen) atoms. The second-order valence-electron chi connectivity index (χ2n) is 2.25. The predicted molar refractivity (Wildman–Crippen MR) is 46.6 cm³/mol. The summed E-state index contributed by atoms with van der Waals surface area (Å²) in [6.45, 7) is 4.29. The quantitative estimate of drug-likeness (QED) is 0.689. The van der Waals surface area contributed by atoms with Crippen LogP contribution in [0, 0.1) is 13.8 Å². The summed E-state index contributed by atoms with van der Waals surface area (Å²) in [7, 11) is 0. The summed E-state index contributed by atoms with van der Waals surface area (Å²) in [5, 5.41) is 0. The molecule has 0 fully saturated rings. The molecule has 1 heterocycles. The third-order valence-corrected chi connectivity index (χ3v) is 1.37. The third kappa shape index (κ3) is 2.44. The average Bonchev–Trinajstić information content (AvgIpc) is 1.94. The van der Waals surface area contributed by atoms with Gasteiger partial charge in [0.15, 0.2) is 0 Å². The van der Waals surface area contributed by atoms with Gasteiger partial charge in [-0.3, -0.25) is 9.97 Å². The molecule has 0 spiro atoms. The Morgan fingerprint density at radius 1 is 1.45 bits per heavy atom. The van der Waals surface area contributed by atoms with Crippen molar-refractivity contribution < 1.29 is 0 Å². The van der Waals surface area contributed by atoms with E-state index < -0.39 is 0 Å². The number of aromatic nitrogens is 2. The van der Waals surface area contributed by atoms with E-state index in [0.717, 1.165) is 17.1 Å². The molecular weight excluding hydrogens is 162 g/mol. The van der Waals surface area contributed by atoms with Gasteiger partial charge in [0.2, 0.25) is 0 Å². The Balaban J connectivity index is 0.000001000. The van der Waals surface area contributed by atoms with Crippen molar-refractivity contribution in [2.75, 3.05) is 0 Å². The molecule has 0 bridgehead atoms. The van der Waals surface area contributed by atoms with Crippen molar-refractivity contribution in [2.45, 2.75) is 20.4 Å². The van der Waals surface area contributed by atoms with Crippen molar-refractivity contribution in [1.29, 1.82) is 0 Å². The molecule has 0 amide bonds. The first-order valence-electron chi connectivity index (χ1n) is 3.23. The minimum absolute atomic E-state index is 0. The van der Waals surface area contributed by atoms with E-state index >= 15 is 0 Å². The van der Waals surface area contributed by atoms with Gasteiger partial charge in [0, 0.05) is 12.7 Å². The number of nitrogens with two attached hydrogens (primary N) is 1. The molecule has 0 saturated heterocycles. The third-order valence-electron chi connectivity index (χ3n) is 1.37. The lowest BCUT2D eigenvalue weighted by Gasteiger charge is -2.00. The molecule has 2 N–H and O–H groups in total. The summed E-state index contributed by atoms with van der Waals surface area (Å²) < 4.78 is 0. The Morgan fingerprint density at radius 2 is 2.09 bits per heavy atom. The summed E-state index contributed by atoms with van der Waals surface area (Å²) in [5.74, 6) is 0. The minimum Gasteiger partial charge on any atom is -0.325 e. The summed E-state index contributed by atoms with van der Waals surface area (Å²) in [5.41, 5.74) is 8.15. The molecule has 0 aliphatic heterocycles. The van der Waals surface area contributed by atoms with Crippen LogP contribution in [0.15, 0.2) is 6.20 Å². The number of rotatable bonds is 1. The standard InChI is InChI=1S/C7H11N3.ClH/c1-5-4-9-6(2)7(3-8)10-5;/h4H,3,8H2,1-2H3;1H. The summed E-state index contributed by atoms with van der Waals surface area (Å²) >= 11 is 0. The Hall–Kier alpha value is -0.670. The number of aryl methyl sites for hydroxylation is 2. The van der Waals surface area contributed by atoms with E-state index in [1.165, 1.54) is 0 Å². The molecule has 0 aromatic carbocycles. The van der Waals surface area contributed by atoms with Crippen LogP contribution in [0.3, 0.4) is 0 Å². The topological polar surface area (TPSA) is 51.8 Å². The van der Waals surface area contributed by atoms with Crippen LogP contribution in [-0.2, 0) is 6.54 Å². The van der Waals surface area contributed by atoms with Crippen LogP contribution in [0.25, 0.3) is 0 Å². The second-order valence-corrected chi connectivity index (χ2v) is 2.25. The zero-order chi connectivity index (χ0) is 7.56. The Morgan fingerprint density at radius 3 is 2.55 bits per heavy atom. The van der Waals surface area contributed by atoms with Crippen LogP contribution in [0.2, 0.25) is 0 Å². The van der Waals surface area contributed by atoms with E-state index in [4.69, 9.17) is 5.73 Å². The Labute approximate surface area is 72.5 Å². The monoisotopic (exact) mass is 173 g/mol. The average molecular weight is 174 g/mol. The first-order valence-corrected chi connectivity index (χ1v) is 3.23. The fourth-order valence-corrected chi connectivity index (χ4v) is 0.781. The molecule has 1 rings (SSSR count). The van der Waals surface area contributed by atoms with E-state index in [2.05, 4.69) is 9.97 Å². The number of nitrogens with zero attached hydrogens (tertiary/aromatic N) is 2. The van der Waals surface area contributed by atoms with E-state index in [1.807, 2.05) is 13.8 Å². The van der Waals surface area contributed by atoms with Gasteiger partial charge in [0.25, 0.3) is 0 Å². The maximum absolute atomic E-state index is 5.42. The van der Waals surface area contributed by atoms with Gasteiger partial charge in [0.1, 0.15) is 0 Å². The van der Waals surface area contributed by atoms with Gasteiger partial charge in [-0.15, -0.1) is 12.4 Å². The maximum Gasteiger partial charge on any atom is 0.0754 e. The van der Waals surface area contributed by atoms with Gasteiger partial charge in [0.05, 0.1) is 17.1 Å². The van der Waals surface area contributed by atoms with Crippen LogP contribution in [0.1, 0.15) is 17.1 Å². The van der Waals surface area contributed by atoms with Crippen molar-refractivity contribution in [1.82, 2.24) is 9.97 Å². The minimum atomic E-state index is 0. The molecule has 3 nitrogen and oxygen atoms in total. The summed E-state index contributed by atoms with van der Waals surface area (Å²) in [6.07, 6.45) is 1.74. The molecule has 1 aromatic heterocycles. The first-order chi connectivity index (χ1) is 4.74. The lowest BCUT2D eigenvalue weighted by Crippen LogP contribution is -2.04. The van der Waals surface area contributed by atoms with Gasteiger partial charge in [-0.25, -0.2) is 0 Å². The van der Waals surface area contributed by atoms with Crippen LogP contribution < -0.4 is 5.73 Å². The summed E-state index contributed by atoms with van der Waals surface area (Å²) in [6, 6.07) is 0. The maximum atomic E-state index is 5.42. The molecule has 0 unspecified atom stereocenters. The van der Waals surface area contributed by atoms with Gasteiger partial charge in [-0.1, -0.05) is 0 Å². The van der Waals surface area contributed by atoms with Crippen LogP contribution >= 0.6 is 12.4 Å². The zero-order valence-electron chi connectivity index (χ0n) is 6.66. The second kappa shape index (κ2) is 4.26. The smallest absolute Gasteiger partial charge is 0.0754 e. The zero-order valence-corrected chi connectivity index (χ0v) is 7.48. The fraction of sp³-hybridized carbons (Fsp3) is 0.429. The lowest BCUT2D eigenvalue weighted by molar-refractivity contribution is 0.907. The fourth-order valence-electron chi connectivity index (χ4n) is 0.781. The normalized spacial score (nSPS) is 9.00. The van der Waals surface area contributed by atoms with Gasteiger partial charge in [-0.05, 0) is 13.8 Å². The van der Waals surface area contributed by atoms with Gasteiger partial charge < -0.3 is 5.73 Å². The highest BCUT2D eigenvalue weighted by Crippen LogP contribution is 1.99. The highest BCUT2D eigenvalue weighted by molar-refractivity contribution is 5.85. The van der Waals surface area contributed by atoms with Crippen molar-refractivity contribution in [2.24, 2.45) is 5.73 Å². The molecular formula is C7H12ClN3. The predicted octanol–water partition coefficient (Wildman–Crippen LogP) is 0.974. The molecule has 0 aliphatic carbocycles. The molecule has 0 atom stereocenters. The number of hydrogen-bond acceptors (Lipinski definition) is 3. The lowest BCUT2D eigenvalue weighted by atomic mass is 10.3. The van der Waals surface area contributed by atoms with Crippen LogP contribution in [0.4, 0.5) is 0 Å². The Kier molecular flexibility index (Phi) is 4.00. The number of hydrogen-bond donors (Lipinski definition) is 1. The molecule has 0 radical (unpaired) electrons. The summed E-state index contributed by atoms with van der Waals surface area (Å²) in [4.78, 5) is 8.31. The molecule has 1 aromatic rings. The van der Waals surface area contributed by atoms with E-state index in [9.17, 15) is 0 Å². The Bertz CT molecular complexity index is 237. The van der Waals surface area contributed by atoms with Crippen molar-refractivity contribution in [3.63, 3.8) is 0 Å². The molecule has 62 valence electrons. The molecule has 0 saturated carbocycles. The van der Waals surface area contributed by atoms with Crippen molar-refractivity contribution in [3.8, 4) is 0 Å². The van der Waals surface area contributed by atoms with Crippen molar-refractivity contribution >= 4 is 12.4 Å². The van der Waals surface area contributed by atoms with Crippen LogP contribution in [-0.4, -0.2) is 9.97 Å². The van der Waals surface area contributed by atoms with Gasteiger partial charge >= 0.3 is 0 Å². The largest absolute Gasteiger partial charge is 0.325 e. The van der Waals surface area contributed by atoms with E-state index in [-0.39, 0.29) is 12.4 Å². The van der Waals surface area contributed by atoms with E-state index in [0.29, 0.717) is 6.54 Å². The molecule has 4 heteroatoms.